The van der Waals surface area contributed by atoms with Gasteiger partial charge in [-0.05, 0) is 23.6 Å². The number of carbonyl (C=O) groups is 2. The largest absolute Gasteiger partial charge is 0.481 e. The molecule has 0 aromatic heterocycles. The molecule has 3 N–H and O–H groups in total. The van der Waals surface area contributed by atoms with Gasteiger partial charge in [-0.25, -0.2) is 4.39 Å². The zero-order valence-corrected chi connectivity index (χ0v) is 8.16. The summed E-state index contributed by atoms with van der Waals surface area (Å²) in [5.74, 6) is 1.81. The van der Waals surface area contributed by atoms with Crippen LogP contribution in [0.25, 0.3) is 0 Å². The van der Waals surface area contributed by atoms with Crippen LogP contribution in [-0.2, 0) is 16.0 Å². The Hall–Kier alpha value is -2.35. The van der Waals surface area contributed by atoms with E-state index in [1.165, 1.54) is 12.1 Å². The fourth-order valence-electron chi connectivity index (χ4n) is 1.07. The van der Waals surface area contributed by atoms with Crippen molar-refractivity contribution >= 4 is 11.9 Å². The summed E-state index contributed by atoms with van der Waals surface area (Å²) in [7, 11) is 0. The zero-order chi connectivity index (χ0) is 12.1. The molecule has 0 saturated heterocycles. The molecule has 0 bridgehead atoms. The topological polar surface area (TPSA) is 80.4 Å². The van der Waals surface area contributed by atoms with Crippen LogP contribution < -0.4 is 5.73 Å². The maximum absolute atomic E-state index is 13.3. The average Bonchev–Trinajstić information content (AvgIpc) is 2.18. The molecule has 0 saturated carbocycles. The molecule has 1 aromatic carbocycles. The molecule has 4 nitrogen and oxygen atoms in total. The van der Waals surface area contributed by atoms with Gasteiger partial charge in [0.05, 0.1) is 6.42 Å². The van der Waals surface area contributed by atoms with E-state index in [0.717, 1.165) is 6.07 Å². The molecule has 16 heavy (non-hydrogen) atoms. The van der Waals surface area contributed by atoms with E-state index in [2.05, 4.69) is 11.8 Å². The molecule has 5 heteroatoms. The third kappa shape index (κ3) is 3.42. The van der Waals surface area contributed by atoms with Gasteiger partial charge in [0.2, 0.25) is 0 Å². The monoisotopic (exact) mass is 221 g/mol. The molecule has 0 aliphatic carbocycles. The number of amides is 1. The Kier molecular flexibility index (Phi) is 3.62. The lowest BCUT2D eigenvalue weighted by Gasteiger charge is -1.99. The summed E-state index contributed by atoms with van der Waals surface area (Å²) in [5, 5.41) is 8.48. The summed E-state index contributed by atoms with van der Waals surface area (Å²) >= 11 is 0. The first kappa shape index (κ1) is 11.7. The zero-order valence-electron chi connectivity index (χ0n) is 8.16. The molecule has 1 rings (SSSR count). The van der Waals surface area contributed by atoms with Gasteiger partial charge in [-0.3, -0.25) is 9.59 Å². The number of primary amides is 1. The van der Waals surface area contributed by atoms with Gasteiger partial charge in [-0.1, -0.05) is 12.0 Å². The Balaban J connectivity index is 2.96. The van der Waals surface area contributed by atoms with Gasteiger partial charge in [0, 0.05) is 5.56 Å². The van der Waals surface area contributed by atoms with Crippen molar-refractivity contribution in [3.05, 3.63) is 35.1 Å². The van der Waals surface area contributed by atoms with Crippen LogP contribution in [0.4, 0.5) is 4.39 Å². The number of carboxylic acids is 1. The maximum Gasteiger partial charge on any atom is 0.307 e. The Morgan fingerprint density at radius 2 is 2.12 bits per heavy atom. The molecule has 0 atom stereocenters. The van der Waals surface area contributed by atoms with Gasteiger partial charge in [0.25, 0.3) is 5.91 Å². The summed E-state index contributed by atoms with van der Waals surface area (Å²) in [6, 6.07) is 3.81. The highest BCUT2D eigenvalue weighted by Crippen LogP contribution is 2.10. The predicted molar refractivity (Wildman–Crippen MR) is 53.8 cm³/mol. The third-order valence-electron chi connectivity index (χ3n) is 1.72. The van der Waals surface area contributed by atoms with Gasteiger partial charge in [-0.15, -0.1) is 0 Å². The minimum absolute atomic E-state index is 0.0668. The summed E-state index contributed by atoms with van der Waals surface area (Å²) < 4.78 is 13.3. The summed E-state index contributed by atoms with van der Waals surface area (Å²) in [6.07, 6.45) is -0.393. The molecule has 0 heterocycles. The van der Waals surface area contributed by atoms with E-state index in [4.69, 9.17) is 10.8 Å². The number of rotatable bonds is 2. The standard InChI is InChI=1S/C11H8FNO3/c12-9-5-7(2-4-10(13)14)1-3-8(9)6-11(15)16/h1,3,5H,6H2,(H2,13,14)(H,15,16). The lowest BCUT2D eigenvalue weighted by Crippen LogP contribution is -2.06. The number of nitrogens with two attached hydrogens (primary N) is 1. The van der Waals surface area contributed by atoms with Crippen molar-refractivity contribution in [1.82, 2.24) is 0 Å². The van der Waals surface area contributed by atoms with Crippen LogP contribution in [0.5, 0.6) is 0 Å². The quantitative estimate of drug-likeness (QED) is 0.704. The van der Waals surface area contributed by atoms with E-state index in [0.29, 0.717) is 0 Å². The second-order valence-electron chi connectivity index (χ2n) is 2.99. The first-order valence-corrected chi connectivity index (χ1v) is 4.30. The van der Waals surface area contributed by atoms with Crippen molar-refractivity contribution in [2.24, 2.45) is 5.73 Å². The molecule has 0 spiro atoms. The summed E-state index contributed by atoms with van der Waals surface area (Å²) in [6.45, 7) is 0. The molecule has 1 amide bonds. The van der Waals surface area contributed by atoms with Crippen LogP contribution in [0.2, 0.25) is 0 Å². The van der Waals surface area contributed by atoms with Gasteiger partial charge in [0.1, 0.15) is 5.82 Å². The molecular weight excluding hydrogens is 213 g/mol. The summed E-state index contributed by atoms with van der Waals surface area (Å²) in [4.78, 5) is 20.7. The fraction of sp³-hybridized carbons (Fsp3) is 0.0909. The Morgan fingerprint density at radius 3 is 2.62 bits per heavy atom. The highest BCUT2D eigenvalue weighted by atomic mass is 19.1. The van der Waals surface area contributed by atoms with Crippen molar-refractivity contribution in [3.63, 3.8) is 0 Å². The molecule has 0 radical (unpaired) electrons. The first-order valence-electron chi connectivity index (χ1n) is 4.30. The smallest absolute Gasteiger partial charge is 0.307 e. The van der Waals surface area contributed by atoms with E-state index in [9.17, 15) is 14.0 Å². The highest BCUT2D eigenvalue weighted by molar-refractivity contribution is 5.92. The molecule has 1 aromatic rings. The maximum atomic E-state index is 13.3. The van der Waals surface area contributed by atoms with Crippen LogP contribution in [0.15, 0.2) is 18.2 Å². The molecule has 0 aliphatic rings. The SMILES string of the molecule is NC(=O)C#Cc1ccc(CC(=O)O)c(F)c1. The third-order valence-corrected chi connectivity index (χ3v) is 1.72. The van der Waals surface area contributed by atoms with Crippen LogP contribution in [0.3, 0.4) is 0 Å². The van der Waals surface area contributed by atoms with Crippen molar-refractivity contribution in [2.75, 3.05) is 0 Å². The van der Waals surface area contributed by atoms with Crippen LogP contribution in [0.1, 0.15) is 11.1 Å². The molecule has 82 valence electrons. The minimum Gasteiger partial charge on any atom is -0.481 e. The highest BCUT2D eigenvalue weighted by Gasteiger charge is 2.06. The predicted octanol–water partition coefficient (Wildman–Crippen LogP) is 0.290. The second-order valence-corrected chi connectivity index (χ2v) is 2.99. The number of halogens is 1. The number of carbonyl (C=O) groups excluding carboxylic acids is 1. The van der Waals surface area contributed by atoms with E-state index in [1.54, 1.807) is 0 Å². The lowest BCUT2D eigenvalue weighted by molar-refractivity contribution is -0.136. The molecule has 0 aliphatic heterocycles. The number of aliphatic carboxylic acids is 1. The van der Waals surface area contributed by atoms with E-state index >= 15 is 0 Å². The normalized spacial score (nSPS) is 9.06. The minimum atomic E-state index is -1.12. The van der Waals surface area contributed by atoms with Crippen LogP contribution >= 0.6 is 0 Å². The van der Waals surface area contributed by atoms with Crippen molar-refractivity contribution in [1.29, 1.82) is 0 Å². The van der Waals surface area contributed by atoms with Crippen molar-refractivity contribution in [2.45, 2.75) is 6.42 Å². The first-order chi connectivity index (χ1) is 7.49. The number of benzene rings is 1. The average molecular weight is 221 g/mol. The van der Waals surface area contributed by atoms with Crippen LogP contribution in [-0.4, -0.2) is 17.0 Å². The number of hydrogen-bond acceptors (Lipinski definition) is 2. The van der Waals surface area contributed by atoms with E-state index in [1.807, 2.05) is 0 Å². The Morgan fingerprint density at radius 1 is 1.44 bits per heavy atom. The van der Waals surface area contributed by atoms with E-state index in [-0.39, 0.29) is 11.1 Å². The van der Waals surface area contributed by atoms with E-state index < -0.39 is 24.1 Å². The lowest BCUT2D eigenvalue weighted by atomic mass is 10.1. The fourth-order valence-corrected chi connectivity index (χ4v) is 1.07. The Bertz CT molecular complexity index is 500. The number of carboxylic acid groups (broad SMARTS) is 1. The Labute approximate surface area is 90.9 Å². The van der Waals surface area contributed by atoms with Crippen LogP contribution in [0, 0.1) is 17.7 Å². The van der Waals surface area contributed by atoms with Gasteiger partial charge >= 0.3 is 5.97 Å². The number of hydrogen-bond donors (Lipinski definition) is 2. The van der Waals surface area contributed by atoms with Gasteiger partial charge in [0.15, 0.2) is 0 Å². The van der Waals surface area contributed by atoms with Gasteiger partial charge in [-0.2, -0.15) is 0 Å². The second kappa shape index (κ2) is 4.94. The van der Waals surface area contributed by atoms with Gasteiger partial charge < -0.3 is 10.8 Å². The molecular formula is C11H8FNO3. The van der Waals surface area contributed by atoms with Crippen molar-refractivity contribution in [3.8, 4) is 11.8 Å². The van der Waals surface area contributed by atoms with Crippen molar-refractivity contribution < 1.29 is 19.1 Å². The molecule has 0 unspecified atom stereocenters. The summed E-state index contributed by atoms with van der Waals surface area (Å²) in [5.41, 5.74) is 5.13. The molecule has 0 fully saturated rings.